The third kappa shape index (κ3) is 6.73. The molecule has 8 rings (SSSR count). The molecule has 0 bridgehead atoms. The van der Waals surface area contributed by atoms with Gasteiger partial charge in [-0.3, -0.25) is 0 Å². The van der Waals surface area contributed by atoms with E-state index in [1.54, 1.807) is 5.82 Å². The van der Waals surface area contributed by atoms with Gasteiger partial charge < -0.3 is 0 Å². The molecule has 1 aliphatic carbocycles. The summed E-state index contributed by atoms with van der Waals surface area (Å²) in [4.78, 5) is 0. The molecule has 0 unspecified atom stereocenters. The Bertz CT molecular complexity index is 1730. The van der Waals surface area contributed by atoms with E-state index in [0.29, 0.717) is 0 Å². The van der Waals surface area contributed by atoms with Gasteiger partial charge in [-0.1, -0.05) is 96.8 Å². The molecule has 0 saturated heterocycles. The van der Waals surface area contributed by atoms with Crippen LogP contribution in [0.2, 0.25) is 0 Å². The van der Waals surface area contributed by atoms with Gasteiger partial charge in [0.05, 0.1) is 0 Å². The SMILES string of the molecule is c1cc[c]([Sb+]([c]2ccccc2)([c]2ccccc2)[c]2ccccc2)cc1.c1ccc([B-](c2ccccc2)(c2ccccc2)[C+]2CCCCC2)cc1. The molecule has 0 atom stereocenters. The summed E-state index contributed by atoms with van der Waals surface area (Å²) < 4.78 is 5.91. The summed E-state index contributed by atoms with van der Waals surface area (Å²) in [5.74, 6) is 1.73. The molecule has 7 aromatic carbocycles. The van der Waals surface area contributed by atoms with Crippen LogP contribution in [0.4, 0.5) is 0 Å². The first-order chi connectivity index (χ1) is 24.8. The average Bonchev–Trinajstić information content (AvgIpc) is 3.22. The molecule has 244 valence electrons. The second kappa shape index (κ2) is 16.3. The number of hydrogen-bond acceptors (Lipinski definition) is 0. The number of rotatable bonds is 8. The Morgan fingerprint density at radius 3 is 0.800 bits per heavy atom. The van der Waals surface area contributed by atoms with Crippen LogP contribution in [0.5, 0.6) is 0 Å². The molecule has 0 aromatic heterocycles. The van der Waals surface area contributed by atoms with E-state index < -0.39 is 24.9 Å². The third-order valence-corrected chi connectivity index (χ3v) is 22.8. The van der Waals surface area contributed by atoms with Crippen LogP contribution in [-0.2, 0) is 0 Å². The molecule has 2 heteroatoms. The minimum Gasteiger partial charge on any atom is -0.150 e. The first kappa shape index (κ1) is 33.8. The molecule has 0 radical (unpaired) electrons. The second-order valence-electron chi connectivity index (χ2n) is 13.3. The maximum absolute atomic E-state index is 3.17. The predicted molar refractivity (Wildman–Crippen MR) is 220 cm³/mol. The van der Waals surface area contributed by atoms with Gasteiger partial charge >= 0.3 is 154 Å². The standard InChI is InChI=1S/C24H25B.4C6H5.Sb/c1-5-13-21(14-6-1)25(22-15-7-2-8-16-22,23-17-9-3-10-18-23)24-19-11-4-12-20-24;4*1-2-4-6-5-3-1;/h1-3,5-10,13-18H,4,11-12,19-20H2;4*1-5H;/q;;;;;+1. The van der Waals surface area contributed by atoms with Crippen LogP contribution >= 0.6 is 0 Å². The fourth-order valence-electron chi connectivity index (χ4n) is 8.45. The van der Waals surface area contributed by atoms with Crippen LogP contribution in [0.15, 0.2) is 212 Å². The van der Waals surface area contributed by atoms with Crippen LogP contribution in [0, 0.1) is 5.82 Å². The van der Waals surface area contributed by atoms with Crippen molar-refractivity contribution < 1.29 is 0 Å². The Balaban J connectivity index is 0.000000157. The summed E-state index contributed by atoms with van der Waals surface area (Å²) >= 11 is -3.17. The van der Waals surface area contributed by atoms with Crippen molar-refractivity contribution in [2.24, 2.45) is 0 Å². The van der Waals surface area contributed by atoms with Crippen molar-refractivity contribution in [1.82, 2.24) is 0 Å². The quantitative estimate of drug-likeness (QED) is 0.113. The summed E-state index contributed by atoms with van der Waals surface area (Å²) in [6.45, 7) is 0. The van der Waals surface area contributed by atoms with E-state index in [9.17, 15) is 0 Å². The summed E-state index contributed by atoms with van der Waals surface area (Å²) in [5.41, 5.74) is 4.37. The van der Waals surface area contributed by atoms with Crippen LogP contribution in [0.25, 0.3) is 0 Å². The van der Waals surface area contributed by atoms with Gasteiger partial charge in [0.1, 0.15) is 0 Å². The molecular weight excluding hydrogens is 709 g/mol. The molecule has 1 fully saturated rings. The largest absolute Gasteiger partial charge is 0.277 e. The summed E-state index contributed by atoms with van der Waals surface area (Å²) in [7, 11) is 0. The molecule has 7 aromatic rings. The summed E-state index contributed by atoms with van der Waals surface area (Å²) in [5, 5.41) is 0. The summed E-state index contributed by atoms with van der Waals surface area (Å²) in [6, 6.07) is 78.0. The Hall–Kier alpha value is -4.71. The minimum atomic E-state index is -3.17. The molecule has 0 N–H and O–H groups in total. The molecule has 1 aliphatic rings. The maximum Gasteiger partial charge on any atom is 0.277 e. The van der Waals surface area contributed by atoms with Gasteiger partial charge in [0.25, 0.3) is 6.15 Å². The van der Waals surface area contributed by atoms with Crippen molar-refractivity contribution in [3.8, 4) is 0 Å². The maximum atomic E-state index is 2.33. The van der Waals surface area contributed by atoms with Gasteiger partial charge in [-0.25, -0.2) is 0 Å². The molecule has 0 spiro atoms. The molecule has 0 nitrogen and oxygen atoms in total. The first-order valence-electron chi connectivity index (χ1n) is 18.1. The fourth-order valence-corrected chi connectivity index (χ4v) is 20.6. The van der Waals surface area contributed by atoms with Crippen molar-refractivity contribution in [3.05, 3.63) is 218 Å². The van der Waals surface area contributed by atoms with E-state index in [1.165, 1.54) is 62.5 Å². The van der Waals surface area contributed by atoms with Crippen molar-refractivity contribution in [2.45, 2.75) is 32.1 Å². The van der Waals surface area contributed by atoms with Crippen LogP contribution in [-0.4, -0.2) is 24.9 Å². The first-order valence-corrected chi connectivity index (χ1v) is 23.2. The van der Waals surface area contributed by atoms with E-state index in [2.05, 4.69) is 212 Å². The fraction of sp³-hybridized carbons (Fsp3) is 0.104. The van der Waals surface area contributed by atoms with Crippen LogP contribution in [0.1, 0.15) is 32.1 Å². The minimum absolute atomic E-state index is 1.02. The number of hydrogen-bond donors (Lipinski definition) is 0. The van der Waals surface area contributed by atoms with Gasteiger partial charge in [-0.2, -0.15) is 16.4 Å². The average molecular weight is 754 g/mol. The van der Waals surface area contributed by atoms with E-state index in [0.717, 1.165) is 0 Å². The number of benzene rings is 7. The zero-order chi connectivity index (χ0) is 33.9. The van der Waals surface area contributed by atoms with Crippen LogP contribution < -0.4 is 30.4 Å². The van der Waals surface area contributed by atoms with Crippen molar-refractivity contribution in [2.75, 3.05) is 0 Å². The molecule has 0 amide bonds. The van der Waals surface area contributed by atoms with E-state index in [4.69, 9.17) is 0 Å². The summed E-state index contributed by atoms with van der Waals surface area (Å²) in [6.07, 6.45) is 5.49. The van der Waals surface area contributed by atoms with Gasteiger partial charge in [0.2, 0.25) is 0 Å². The Labute approximate surface area is 303 Å². The predicted octanol–water partition coefficient (Wildman–Crippen LogP) is 7.30. The topological polar surface area (TPSA) is 0 Å². The Morgan fingerprint density at radius 2 is 0.540 bits per heavy atom. The van der Waals surface area contributed by atoms with Crippen LogP contribution in [0.3, 0.4) is 0 Å². The molecule has 0 heterocycles. The normalized spacial score (nSPS) is 13.2. The van der Waals surface area contributed by atoms with Gasteiger partial charge in [-0.05, 0) is 19.3 Å². The molecular formula is C48H45BSb+. The third-order valence-electron chi connectivity index (χ3n) is 10.6. The van der Waals surface area contributed by atoms with Crippen molar-refractivity contribution in [1.29, 1.82) is 0 Å². The van der Waals surface area contributed by atoms with Gasteiger partial charge in [0, 0.05) is 12.8 Å². The van der Waals surface area contributed by atoms with E-state index in [1.807, 2.05) is 0 Å². The molecule has 0 aliphatic heterocycles. The van der Waals surface area contributed by atoms with E-state index in [-0.39, 0.29) is 0 Å². The smallest absolute Gasteiger partial charge is 0.150 e. The monoisotopic (exact) mass is 753 g/mol. The Morgan fingerprint density at radius 1 is 0.300 bits per heavy atom. The van der Waals surface area contributed by atoms with Crippen molar-refractivity contribution in [3.63, 3.8) is 0 Å². The van der Waals surface area contributed by atoms with Gasteiger partial charge in [-0.15, -0.1) is 0 Å². The Kier molecular flexibility index (Phi) is 11.0. The molecule has 1 saturated carbocycles. The molecule has 50 heavy (non-hydrogen) atoms. The second-order valence-corrected chi connectivity index (χ2v) is 23.1. The van der Waals surface area contributed by atoms with Gasteiger partial charge in [0.15, 0.2) is 0 Å². The van der Waals surface area contributed by atoms with Crippen molar-refractivity contribution >= 4 is 55.4 Å². The zero-order valence-electron chi connectivity index (χ0n) is 28.8. The van der Waals surface area contributed by atoms with E-state index >= 15 is 0 Å². The zero-order valence-corrected chi connectivity index (χ0v) is 31.3.